The highest BCUT2D eigenvalue weighted by molar-refractivity contribution is 14.1. The number of hydrogen-bond donors (Lipinski definition) is 1. The number of alkyl halides is 3. The van der Waals surface area contributed by atoms with Gasteiger partial charge in [0.15, 0.2) is 0 Å². The Morgan fingerprint density at radius 1 is 1.00 bits per heavy atom. The first-order chi connectivity index (χ1) is 13.2. The number of pyridine rings is 1. The smallest absolute Gasteiger partial charge is 0.416 e. The maximum atomic E-state index is 12.6. The number of carbonyl (C=O) groups is 1. The van der Waals surface area contributed by atoms with Gasteiger partial charge in [0.25, 0.3) is 5.91 Å². The summed E-state index contributed by atoms with van der Waals surface area (Å²) in [5, 5.41) is 3.13. The lowest BCUT2D eigenvalue weighted by molar-refractivity contribution is -0.137. The second kappa shape index (κ2) is 8.36. The van der Waals surface area contributed by atoms with Gasteiger partial charge in [0.05, 0.1) is 14.2 Å². The van der Waals surface area contributed by atoms with Gasteiger partial charge in [-0.3, -0.25) is 4.79 Å². The van der Waals surface area contributed by atoms with Crippen molar-refractivity contribution in [3.05, 3.63) is 80.6 Å². The minimum Gasteiger partial charge on any atom is -0.457 e. The van der Waals surface area contributed by atoms with Crippen molar-refractivity contribution in [2.24, 2.45) is 0 Å². The Morgan fingerprint density at radius 3 is 2.14 bits per heavy atom. The standard InChI is InChI=1S/C19H11ClF3IN2O2/c20-15-9-10-25-17(16(15)24)18(27)26-12-3-7-14(8-4-12)28-13-5-1-11(2-6-13)19(21,22)23/h1-10H,(H,26,27). The Morgan fingerprint density at radius 2 is 1.57 bits per heavy atom. The Labute approximate surface area is 176 Å². The minimum atomic E-state index is -4.39. The van der Waals surface area contributed by atoms with Crippen molar-refractivity contribution < 1.29 is 22.7 Å². The molecule has 28 heavy (non-hydrogen) atoms. The number of nitrogens with one attached hydrogen (secondary N) is 1. The minimum absolute atomic E-state index is 0.207. The summed E-state index contributed by atoms with van der Waals surface area (Å²) in [5.74, 6) is 0.263. The first kappa shape index (κ1) is 20.4. The van der Waals surface area contributed by atoms with Crippen LogP contribution >= 0.6 is 34.2 Å². The van der Waals surface area contributed by atoms with Gasteiger partial charge in [-0.15, -0.1) is 0 Å². The van der Waals surface area contributed by atoms with Crippen LogP contribution in [0.3, 0.4) is 0 Å². The number of benzene rings is 2. The molecule has 0 saturated heterocycles. The molecular weight excluding hydrogens is 508 g/mol. The molecule has 0 aliphatic carbocycles. The molecule has 3 rings (SSSR count). The Hall–Kier alpha value is -2.33. The van der Waals surface area contributed by atoms with Crippen LogP contribution in [0.25, 0.3) is 0 Å². The fraction of sp³-hybridized carbons (Fsp3) is 0.0526. The van der Waals surface area contributed by atoms with Crippen molar-refractivity contribution in [3.8, 4) is 11.5 Å². The summed E-state index contributed by atoms with van der Waals surface area (Å²) < 4.78 is 43.8. The molecule has 0 saturated carbocycles. The van der Waals surface area contributed by atoms with E-state index in [4.69, 9.17) is 16.3 Å². The van der Waals surface area contributed by atoms with Crippen molar-refractivity contribution in [2.45, 2.75) is 6.18 Å². The SMILES string of the molecule is O=C(Nc1ccc(Oc2ccc(C(F)(F)F)cc2)cc1)c1nccc(Cl)c1I. The van der Waals surface area contributed by atoms with Gasteiger partial charge in [-0.2, -0.15) is 13.2 Å². The predicted octanol–water partition coefficient (Wildman–Crippen LogP) is 6.40. The van der Waals surface area contributed by atoms with E-state index in [1.54, 1.807) is 30.3 Å². The predicted molar refractivity (Wildman–Crippen MR) is 108 cm³/mol. The Bertz CT molecular complexity index is 994. The van der Waals surface area contributed by atoms with Crippen LogP contribution in [0.5, 0.6) is 11.5 Å². The average molecular weight is 519 g/mol. The lowest BCUT2D eigenvalue weighted by atomic mass is 10.2. The third-order valence-corrected chi connectivity index (χ3v) is 5.31. The fourth-order valence-corrected chi connectivity index (χ4v) is 2.93. The number of anilines is 1. The molecule has 0 atom stereocenters. The molecule has 144 valence electrons. The summed E-state index contributed by atoms with van der Waals surface area (Å²) >= 11 is 7.93. The van der Waals surface area contributed by atoms with Gasteiger partial charge in [-0.25, -0.2) is 4.98 Å². The van der Waals surface area contributed by atoms with Crippen LogP contribution in [0.1, 0.15) is 16.1 Å². The van der Waals surface area contributed by atoms with E-state index in [1.807, 2.05) is 22.6 Å². The maximum Gasteiger partial charge on any atom is 0.416 e. The van der Waals surface area contributed by atoms with E-state index in [1.165, 1.54) is 18.3 Å². The zero-order valence-electron chi connectivity index (χ0n) is 13.9. The van der Waals surface area contributed by atoms with E-state index >= 15 is 0 Å². The molecule has 1 N–H and O–H groups in total. The number of ether oxygens (including phenoxy) is 1. The molecule has 4 nitrogen and oxygen atoms in total. The van der Waals surface area contributed by atoms with Gasteiger partial charge < -0.3 is 10.1 Å². The van der Waals surface area contributed by atoms with Gasteiger partial charge in [0.2, 0.25) is 0 Å². The summed E-state index contributed by atoms with van der Waals surface area (Å²) in [5.41, 5.74) is -0.0392. The lowest BCUT2D eigenvalue weighted by Gasteiger charge is -2.10. The molecule has 0 aliphatic heterocycles. The number of halogens is 5. The van der Waals surface area contributed by atoms with E-state index in [0.29, 0.717) is 20.0 Å². The van der Waals surface area contributed by atoms with Crippen LogP contribution in [0.4, 0.5) is 18.9 Å². The van der Waals surface area contributed by atoms with E-state index < -0.39 is 17.6 Å². The summed E-state index contributed by atoms with van der Waals surface area (Å²) in [4.78, 5) is 16.3. The average Bonchev–Trinajstić information content (AvgIpc) is 2.65. The highest BCUT2D eigenvalue weighted by atomic mass is 127. The Balaban J connectivity index is 1.66. The van der Waals surface area contributed by atoms with Crippen molar-refractivity contribution in [3.63, 3.8) is 0 Å². The van der Waals surface area contributed by atoms with Crippen LogP contribution in [0, 0.1) is 3.57 Å². The van der Waals surface area contributed by atoms with Crippen LogP contribution in [0.15, 0.2) is 60.8 Å². The number of aromatic nitrogens is 1. The maximum absolute atomic E-state index is 12.6. The number of nitrogens with zero attached hydrogens (tertiary/aromatic N) is 1. The molecule has 2 aromatic carbocycles. The normalized spacial score (nSPS) is 11.2. The zero-order chi connectivity index (χ0) is 20.3. The summed E-state index contributed by atoms with van der Waals surface area (Å²) in [6.07, 6.45) is -2.95. The second-order valence-electron chi connectivity index (χ2n) is 5.56. The zero-order valence-corrected chi connectivity index (χ0v) is 16.8. The quantitative estimate of drug-likeness (QED) is 0.407. The van der Waals surface area contributed by atoms with Gasteiger partial charge >= 0.3 is 6.18 Å². The summed E-state index contributed by atoms with van der Waals surface area (Å²) in [7, 11) is 0. The largest absolute Gasteiger partial charge is 0.457 e. The molecule has 1 aromatic heterocycles. The van der Waals surface area contributed by atoms with Gasteiger partial charge in [0.1, 0.15) is 17.2 Å². The van der Waals surface area contributed by atoms with E-state index in [9.17, 15) is 18.0 Å². The third kappa shape index (κ3) is 4.93. The van der Waals surface area contributed by atoms with Crippen molar-refractivity contribution in [1.29, 1.82) is 0 Å². The molecule has 9 heteroatoms. The first-order valence-electron chi connectivity index (χ1n) is 7.80. The summed E-state index contributed by atoms with van der Waals surface area (Å²) in [6, 6.07) is 12.4. The van der Waals surface area contributed by atoms with Crippen LogP contribution in [-0.2, 0) is 6.18 Å². The van der Waals surface area contributed by atoms with Crippen molar-refractivity contribution in [2.75, 3.05) is 5.32 Å². The van der Waals surface area contributed by atoms with Crippen molar-refractivity contribution in [1.82, 2.24) is 4.98 Å². The number of carbonyl (C=O) groups excluding carboxylic acids is 1. The third-order valence-electron chi connectivity index (χ3n) is 3.59. The van der Waals surface area contributed by atoms with E-state index in [0.717, 1.165) is 12.1 Å². The molecule has 0 bridgehead atoms. The molecule has 0 spiro atoms. The molecule has 0 aliphatic rings. The fourth-order valence-electron chi connectivity index (χ4n) is 2.22. The van der Waals surface area contributed by atoms with Gasteiger partial charge in [-0.1, -0.05) is 11.6 Å². The van der Waals surface area contributed by atoms with Crippen molar-refractivity contribution >= 4 is 45.8 Å². The number of hydrogen-bond acceptors (Lipinski definition) is 3. The van der Waals surface area contributed by atoms with Crippen LogP contribution < -0.4 is 10.1 Å². The topological polar surface area (TPSA) is 51.2 Å². The highest BCUT2D eigenvalue weighted by Crippen LogP contribution is 2.31. The van der Waals surface area contributed by atoms with E-state index in [2.05, 4.69) is 10.3 Å². The van der Waals surface area contributed by atoms with Gasteiger partial charge in [0, 0.05) is 11.9 Å². The molecule has 0 fully saturated rings. The summed E-state index contributed by atoms with van der Waals surface area (Å²) in [6.45, 7) is 0. The molecule has 1 heterocycles. The number of rotatable bonds is 4. The monoisotopic (exact) mass is 518 g/mol. The highest BCUT2D eigenvalue weighted by Gasteiger charge is 2.30. The van der Waals surface area contributed by atoms with Gasteiger partial charge in [-0.05, 0) is 77.2 Å². The number of amides is 1. The molecule has 1 amide bonds. The van der Waals surface area contributed by atoms with Crippen LogP contribution in [-0.4, -0.2) is 10.9 Å². The Kier molecular flexibility index (Phi) is 6.09. The van der Waals surface area contributed by atoms with Crippen LogP contribution in [0.2, 0.25) is 5.02 Å². The molecule has 0 unspecified atom stereocenters. The first-order valence-corrected chi connectivity index (χ1v) is 9.26. The lowest BCUT2D eigenvalue weighted by Crippen LogP contribution is -2.15. The van der Waals surface area contributed by atoms with E-state index in [-0.39, 0.29) is 11.4 Å². The molecule has 0 radical (unpaired) electrons. The second-order valence-corrected chi connectivity index (χ2v) is 7.04. The molecular formula is C19H11ClF3IN2O2. The molecule has 3 aromatic rings.